The molecule has 0 atom stereocenters. The molecule has 1 aromatic heterocycles. The van der Waals surface area contributed by atoms with Crippen LogP contribution in [0.1, 0.15) is 31.2 Å². The highest BCUT2D eigenvalue weighted by atomic mass is 19.4. The second-order valence-corrected chi connectivity index (χ2v) is 6.01. The summed E-state index contributed by atoms with van der Waals surface area (Å²) in [6.45, 7) is 2.49. The first-order valence-corrected chi connectivity index (χ1v) is 8.57. The Kier molecular flexibility index (Phi) is 7.27. The Bertz CT molecular complexity index is 803. The average Bonchev–Trinajstić information content (AvgIpc) is 3.16. The van der Waals surface area contributed by atoms with Gasteiger partial charge in [-0.05, 0) is 12.0 Å². The summed E-state index contributed by atoms with van der Waals surface area (Å²) in [5.74, 6) is -2.67. The van der Waals surface area contributed by atoms with E-state index in [2.05, 4.69) is 14.7 Å². The fourth-order valence-corrected chi connectivity index (χ4v) is 2.40. The summed E-state index contributed by atoms with van der Waals surface area (Å²) >= 11 is 0. The van der Waals surface area contributed by atoms with Crippen LogP contribution >= 0.6 is 0 Å². The number of amides is 1. The summed E-state index contributed by atoms with van der Waals surface area (Å²) in [5.41, 5.74) is 1.02. The summed E-state index contributed by atoms with van der Waals surface area (Å²) in [6.07, 6.45) is -3.97. The van der Waals surface area contributed by atoms with Crippen LogP contribution in [0.3, 0.4) is 0 Å². The zero-order chi connectivity index (χ0) is 20.7. The van der Waals surface area contributed by atoms with Crippen LogP contribution in [0.5, 0.6) is 0 Å². The Labute approximate surface area is 159 Å². The lowest BCUT2D eigenvalue weighted by molar-refractivity contribution is -0.159. The molecule has 0 aliphatic carbocycles. The number of Topliss-reactive ketones (excluding diaryl/α,β-unsaturated/α-hetero) is 1. The monoisotopic (exact) mass is 399 g/mol. The average molecular weight is 399 g/mol. The highest BCUT2D eigenvalue weighted by Gasteiger charge is 2.38. The zero-order valence-corrected chi connectivity index (χ0v) is 15.5. The predicted molar refractivity (Wildman–Crippen MR) is 91.9 cm³/mol. The third kappa shape index (κ3) is 5.62. The molecule has 0 aliphatic rings. The first-order chi connectivity index (χ1) is 13.3. The van der Waals surface area contributed by atoms with Crippen molar-refractivity contribution in [3.05, 3.63) is 35.7 Å². The molecule has 0 saturated heterocycles. The molecule has 1 amide bonds. The maximum absolute atomic E-state index is 12.6. The number of carbonyl (C=O) groups excluding carboxylic acids is 2. The van der Waals surface area contributed by atoms with Gasteiger partial charge in [-0.15, -0.1) is 0 Å². The van der Waals surface area contributed by atoms with Crippen LogP contribution in [0.2, 0.25) is 0 Å². The second kappa shape index (κ2) is 9.45. The number of rotatable bonds is 9. The Morgan fingerprint density at radius 3 is 2.43 bits per heavy atom. The van der Waals surface area contributed by atoms with Crippen LogP contribution < -0.4 is 0 Å². The molecule has 0 N–H and O–H groups in total. The largest absolute Gasteiger partial charge is 0.471 e. The number of methoxy groups -OCH3 is 1. The summed E-state index contributed by atoms with van der Waals surface area (Å²) in [5, 5.41) is 3.32. The van der Waals surface area contributed by atoms with Gasteiger partial charge in [0.15, 0.2) is 0 Å². The van der Waals surface area contributed by atoms with Gasteiger partial charge in [-0.2, -0.15) is 18.2 Å². The number of nitrogens with zero attached hydrogens (tertiary/aromatic N) is 3. The van der Waals surface area contributed by atoms with Gasteiger partial charge in [0.2, 0.25) is 11.6 Å². The summed E-state index contributed by atoms with van der Waals surface area (Å²) in [7, 11) is 1.49. The number of alkyl halides is 3. The van der Waals surface area contributed by atoms with Gasteiger partial charge in [-0.3, -0.25) is 9.59 Å². The van der Waals surface area contributed by atoms with Crippen molar-refractivity contribution in [3.63, 3.8) is 0 Å². The predicted octanol–water partition coefficient (Wildman–Crippen LogP) is 3.10. The normalized spacial score (nSPS) is 11.5. The standard InChI is InChI=1S/C18H20F3N3O4/c1-3-4-14(25)16(26)24(9-10-27-2)11-12-5-7-13(8-6-12)15-22-17(28-23-15)18(19,20)21/h5-8H,3-4,9-11H2,1-2H3. The van der Waals surface area contributed by atoms with Crippen molar-refractivity contribution in [2.24, 2.45) is 0 Å². The van der Waals surface area contributed by atoms with E-state index in [0.717, 1.165) is 0 Å². The molecule has 10 heteroatoms. The van der Waals surface area contributed by atoms with E-state index >= 15 is 0 Å². The number of halogens is 3. The van der Waals surface area contributed by atoms with Gasteiger partial charge in [-0.1, -0.05) is 36.3 Å². The molecule has 2 rings (SSSR count). The summed E-state index contributed by atoms with van der Waals surface area (Å²) in [4.78, 5) is 28.9. The highest BCUT2D eigenvalue weighted by molar-refractivity contribution is 6.36. The lowest BCUT2D eigenvalue weighted by atomic mass is 10.1. The van der Waals surface area contributed by atoms with Gasteiger partial charge in [0, 0.05) is 32.2 Å². The van der Waals surface area contributed by atoms with Crippen molar-refractivity contribution in [2.75, 3.05) is 20.3 Å². The van der Waals surface area contributed by atoms with E-state index in [1.807, 2.05) is 6.92 Å². The van der Waals surface area contributed by atoms with E-state index in [9.17, 15) is 22.8 Å². The van der Waals surface area contributed by atoms with Crippen LogP contribution in [0.15, 0.2) is 28.8 Å². The fourth-order valence-electron chi connectivity index (χ4n) is 2.40. The van der Waals surface area contributed by atoms with Crippen LogP contribution in [0.4, 0.5) is 13.2 Å². The Balaban J connectivity index is 2.12. The quantitative estimate of drug-likeness (QED) is 0.603. The minimum absolute atomic E-state index is 0.165. The number of hydrogen-bond donors (Lipinski definition) is 0. The molecule has 0 fully saturated rings. The first-order valence-electron chi connectivity index (χ1n) is 8.57. The smallest absolute Gasteiger partial charge is 0.383 e. The number of ether oxygens (including phenoxy) is 1. The van der Waals surface area contributed by atoms with Gasteiger partial charge in [0.25, 0.3) is 5.91 Å². The second-order valence-electron chi connectivity index (χ2n) is 6.01. The van der Waals surface area contributed by atoms with E-state index in [0.29, 0.717) is 17.5 Å². The molecule has 2 aromatic rings. The van der Waals surface area contributed by atoms with Crippen molar-refractivity contribution in [1.82, 2.24) is 15.0 Å². The number of carbonyl (C=O) groups is 2. The lowest BCUT2D eigenvalue weighted by Gasteiger charge is -2.21. The molecule has 7 nitrogen and oxygen atoms in total. The molecule has 28 heavy (non-hydrogen) atoms. The minimum Gasteiger partial charge on any atom is -0.383 e. The Hall–Kier alpha value is -2.75. The molecule has 1 heterocycles. The molecule has 0 aliphatic heterocycles. The molecule has 0 radical (unpaired) electrons. The first kappa shape index (κ1) is 21.5. The zero-order valence-electron chi connectivity index (χ0n) is 15.5. The molecule has 0 saturated carbocycles. The van der Waals surface area contributed by atoms with Gasteiger partial charge in [0.1, 0.15) is 0 Å². The van der Waals surface area contributed by atoms with Gasteiger partial charge in [-0.25, -0.2) is 0 Å². The van der Waals surface area contributed by atoms with Crippen LogP contribution in [-0.4, -0.2) is 47.0 Å². The fraction of sp³-hybridized carbons (Fsp3) is 0.444. The van der Waals surface area contributed by atoms with Gasteiger partial charge >= 0.3 is 12.1 Å². The molecule has 0 unspecified atom stereocenters. The van der Waals surface area contributed by atoms with Crippen LogP contribution in [0, 0.1) is 0 Å². The topological polar surface area (TPSA) is 85.5 Å². The lowest BCUT2D eigenvalue weighted by Crippen LogP contribution is -2.38. The van der Waals surface area contributed by atoms with Gasteiger partial charge in [0.05, 0.1) is 6.61 Å². The van der Waals surface area contributed by atoms with Crippen molar-refractivity contribution < 1.29 is 32.0 Å². The Morgan fingerprint density at radius 2 is 1.89 bits per heavy atom. The molecular weight excluding hydrogens is 379 g/mol. The van der Waals surface area contributed by atoms with E-state index < -0.39 is 23.8 Å². The van der Waals surface area contributed by atoms with Crippen molar-refractivity contribution in [2.45, 2.75) is 32.5 Å². The maximum Gasteiger partial charge on any atom is 0.471 e. The molecule has 0 bridgehead atoms. The molecule has 1 aromatic carbocycles. The van der Waals surface area contributed by atoms with Crippen molar-refractivity contribution in [1.29, 1.82) is 0 Å². The highest BCUT2D eigenvalue weighted by Crippen LogP contribution is 2.29. The van der Waals surface area contributed by atoms with E-state index in [-0.39, 0.29) is 31.9 Å². The summed E-state index contributed by atoms with van der Waals surface area (Å²) < 4.78 is 46.8. The SMILES string of the molecule is CCCC(=O)C(=O)N(CCOC)Cc1ccc(-c2noc(C(F)(F)F)n2)cc1. The number of aromatic nitrogens is 2. The van der Waals surface area contributed by atoms with E-state index in [1.165, 1.54) is 24.1 Å². The number of ketones is 1. The van der Waals surface area contributed by atoms with Crippen LogP contribution in [-0.2, 0) is 27.0 Å². The van der Waals surface area contributed by atoms with Crippen molar-refractivity contribution in [3.8, 4) is 11.4 Å². The molecule has 152 valence electrons. The summed E-state index contributed by atoms with van der Waals surface area (Å²) in [6, 6.07) is 6.28. The maximum atomic E-state index is 12.6. The van der Waals surface area contributed by atoms with Crippen molar-refractivity contribution >= 4 is 11.7 Å². The van der Waals surface area contributed by atoms with E-state index in [1.54, 1.807) is 12.1 Å². The number of benzene rings is 1. The van der Waals surface area contributed by atoms with Crippen LogP contribution in [0.25, 0.3) is 11.4 Å². The van der Waals surface area contributed by atoms with E-state index in [4.69, 9.17) is 4.74 Å². The number of hydrogen-bond acceptors (Lipinski definition) is 6. The third-order valence-electron chi connectivity index (χ3n) is 3.82. The minimum atomic E-state index is -4.71. The third-order valence-corrected chi connectivity index (χ3v) is 3.82. The molecular formula is C18H20F3N3O4. The molecule has 0 spiro atoms. The Morgan fingerprint density at radius 1 is 1.21 bits per heavy atom. The van der Waals surface area contributed by atoms with Gasteiger partial charge < -0.3 is 14.2 Å².